The quantitative estimate of drug-likeness (QED) is 0.484. The van der Waals surface area contributed by atoms with E-state index < -0.39 is 5.97 Å². The molecule has 1 aromatic carbocycles. The third-order valence-corrected chi connectivity index (χ3v) is 4.24. The van der Waals surface area contributed by atoms with Crippen LogP contribution in [0, 0.1) is 0 Å². The highest BCUT2D eigenvalue weighted by molar-refractivity contribution is 7.80. The van der Waals surface area contributed by atoms with Crippen LogP contribution in [-0.2, 0) is 11.3 Å². The number of hydrogen-bond donors (Lipinski definition) is 3. The van der Waals surface area contributed by atoms with E-state index in [4.69, 9.17) is 21.7 Å². The second-order valence-electron chi connectivity index (χ2n) is 5.77. The molecule has 0 bridgehead atoms. The molecule has 3 heterocycles. The van der Waals surface area contributed by atoms with Crippen molar-refractivity contribution < 1.29 is 19.1 Å². The van der Waals surface area contributed by atoms with Gasteiger partial charge < -0.3 is 19.4 Å². The van der Waals surface area contributed by atoms with E-state index in [-0.39, 0.29) is 16.8 Å². The third kappa shape index (κ3) is 2.86. The fourth-order valence-electron chi connectivity index (χ4n) is 2.90. The molecule has 1 amide bonds. The highest BCUT2D eigenvalue weighted by Gasteiger charge is 2.21. The van der Waals surface area contributed by atoms with Crippen LogP contribution < -0.4 is 10.6 Å². The van der Waals surface area contributed by atoms with Crippen LogP contribution >= 0.6 is 12.2 Å². The van der Waals surface area contributed by atoms with E-state index in [1.165, 1.54) is 6.07 Å². The second kappa shape index (κ2) is 6.16. The first kappa shape index (κ1) is 16.1. The standard InChI is InChI=1S/C18H13N3O4S/c22-16-13(19-18(26)20-16)7-10-8-21(14-4-2-1-3-12(10)14)9-11-5-6-15(25-11)17(23)24/h1-8H,9H2,(H,23,24)(H2,19,20,22,26)/b13-7+. The first-order valence-corrected chi connectivity index (χ1v) is 8.16. The van der Waals surface area contributed by atoms with Crippen LogP contribution in [0.2, 0.25) is 0 Å². The van der Waals surface area contributed by atoms with Crippen molar-refractivity contribution >= 4 is 46.2 Å². The number of carboxylic acid groups (broad SMARTS) is 1. The number of amides is 1. The molecule has 1 aliphatic heterocycles. The number of carbonyl (C=O) groups is 2. The number of rotatable bonds is 4. The molecule has 1 aliphatic rings. The zero-order valence-electron chi connectivity index (χ0n) is 13.4. The molecule has 1 saturated heterocycles. The van der Waals surface area contributed by atoms with Crippen LogP contribution in [0.5, 0.6) is 0 Å². The number of thiocarbonyl (C=S) groups is 1. The SMILES string of the molecule is O=C1NC(=S)N/C1=C/c1cn(Cc2ccc(C(=O)O)o2)c2ccccc12. The van der Waals surface area contributed by atoms with Crippen molar-refractivity contribution in [1.82, 2.24) is 15.2 Å². The maximum absolute atomic E-state index is 11.9. The lowest BCUT2D eigenvalue weighted by molar-refractivity contribution is -0.115. The zero-order chi connectivity index (χ0) is 18.3. The lowest BCUT2D eigenvalue weighted by atomic mass is 10.1. The van der Waals surface area contributed by atoms with Gasteiger partial charge in [0.05, 0.1) is 6.54 Å². The molecule has 3 aromatic rings. The molecule has 0 aliphatic carbocycles. The Labute approximate surface area is 152 Å². The fourth-order valence-corrected chi connectivity index (χ4v) is 3.11. The van der Waals surface area contributed by atoms with Gasteiger partial charge in [-0.2, -0.15) is 0 Å². The molecule has 0 atom stereocenters. The average Bonchev–Trinajstić information content (AvgIpc) is 3.28. The largest absolute Gasteiger partial charge is 0.475 e. The van der Waals surface area contributed by atoms with E-state index in [0.717, 1.165) is 16.5 Å². The first-order valence-electron chi connectivity index (χ1n) is 7.75. The molecule has 1 fully saturated rings. The summed E-state index contributed by atoms with van der Waals surface area (Å²) in [7, 11) is 0. The predicted octanol–water partition coefficient (Wildman–Crippen LogP) is 2.33. The number of aromatic carboxylic acids is 1. The average molecular weight is 367 g/mol. The minimum Gasteiger partial charge on any atom is -0.475 e. The molecule has 4 rings (SSSR count). The highest BCUT2D eigenvalue weighted by atomic mass is 32.1. The molecule has 2 aromatic heterocycles. The van der Waals surface area contributed by atoms with Crippen LogP contribution in [-0.4, -0.2) is 26.7 Å². The fraction of sp³-hybridized carbons (Fsp3) is 0.0556. The lowest BCUT2D eigenvalue weighted by Crippen LogP contribution is -2.21. The summed E-state index contributed by atoms with van der Waals surface area (Å²) < 4.78 is 7.28. The monoisotopic (exact) mass is 367 g/mol. The van der Waals surface area contributed by atoms with Crippen LogP contribution in [0.15, 0.2) is 52.7 Å². The second-order valence-corrected chi connectivity index (χ2v) is 6.18. The number of nitrogens with zero attached hydrogens (tertiary/aromatic N) is 1. The van der Waals surface area contributed by atoms with Crippen molar-refractivity contribution in [2.45, 2.75) is 6.54 Å². The molecule has 7 nitrogen and oxygen atoms in total. The Morgan fingerprint density at radius 3 is 2.73 bits per heavy atom. The number of hydrogen-bond acceptors (Lipinski definition) is 4. The van der Waals surface area contributed by atoms with Gasteiger partial charge in [-0.1, -0.05) is 18.2 Å². The van der Waals surface area contributed by atoms with Gasteiger partial charge in [0.1, 0.15) is 11.5 Å². The Bertz CT molecular complexity index is 1090. The Morgan fingerprint density at radius 2 is 2.04 bits per heavy atom. The molecule has 8 heteroatoms. The van der Waals surface area contributed by atoms with Crippen molar-refractivity contribution in [3.05, 3.63) is 65.4 Å². The highest BCUT2D eigenvalue weighted by Crippen LogP contribution is 2.25. The van der Waals surface area contributed by atoms with Crippen LogP contribution in [0.25, 0.3) is 17.0 Å². The van der Waals surface area contributed by atoms with E-state index in [1.54, 1.807) is 12.1 Å². The summed E-state index contributed by atoms with van der Waals surface area (Å²) in [5.41, 5.74) is 2.16. The minimum absolute atomic E-state index is 0.0980. The number of carbonyl (C=O) groups excluding carboxylic acids is 1. The summed E-state index contributed by atoms with van der Waals surface area (Å²) >= 11 is 4.95. The van der Waals surface area contributed by atoms with Crippen LogP contribution in [0.4, 0.5) is 0 Å². The maximum atomic E-state index is 11.9. The number of para-hydroxylation sites is 1. The van der Waals surface area contributed by atoms with Crippen molar-refractivity contribution in [2.75, 3.05) is 0 Å². The Hall–Kier alpha value is -3.39. The van der Waals surface area contributed by atoms with Crippen LogP contribution in [0.1, 0.15) is 21.9 Å². The van der Waals surface area contributed by atoms with Crippen molar-refractivity contribution in [2.24, 2.45) is 0 Å². The molecular formula is C18H13N3O4S. The summed E-state index contributed by atoms with van der Waals surface area (Å²) in [6.45, 7) is 0.370. The minimum atomic E-state index is -1.10. The molecule has 130 valence electrons. The van der Waals surface area contributed by atoms with Crippen molar-refractivity contribution in [3.8, 4) is 0 Å². The van der Waals surface area contributed by atoms with E-state index in [2.05, 4.69) is 10.6 Å². The summed E-state index contributed by atoms with van der Waals surface area (Å²) in [5.74, 6) is -0.947. The van der Waals surface area contributed by atoms with Gasteiger partial charge in [0, 0.05) is 22.7 Å². The van der Waals surface area contributed by atoms with E-state index in [9.17, 15) is 9.59 Å². The van der Waals surface area contributed by atoms with Gasteiger partial charge in [-0.25, -0.2) is 4.79 Å². The maximum Gasteiger partial charge on any atom is 0.371 e. The van der Waals surface area contributed by atoms with Crippen molar-refractivity contribution in [3.63, 3.8) is 0 Å². The van der Waals surface area contributed by atoms with Gasteiger partial charge in [-0.15, -0.1) is 0 Å². The summed E-state index contributed by atoms with van der Waals surface area (Å²) in [4.78, 5) is 22.9. The molecule has 0 spiro atoms. The number of fused-ring (bicyclic) bond motifs is 1. The van der Waals surface area contributed by atoms with Crippen LogP contribution in [0.3, 0.4) is 0 Å². The third-order valence-electron chi connectivity index (χ3n) is 4.04. The van der Waals surface area contributed by atoms with Crippen molar-refractivity contribution in [1.29, 1.82) is 0 Å². The zero-order valence-corrected chi connectivity index (χ0v) is 14.2. The molecule has 26 heavy (non-hydrogen) atoms. The molecule has 0 saturated carbocycles. The summed E-state index contributed by atoms with van der Waals surface area (Å²) in [5, 5.41) is 15.6. The first-order chi connectivity index (χ1) is 12.5. The number of benzene rings is 1. The van der Waals surface area contributed by atoms with Gasteiger partial charge in [-0.3, -0.25) is 10.1 Å². The smallest absolute Gasteiger partial charge is 0.371 e. The predicted molar refractivity (Wildman–Crippen MR) is 98.6 cm³/mol. The lowest BCUT2D eigenvalue weighted by Gasteiger charge is -2.02. The van der Waals surface area contributed by atoms with Gasteiger partial charge in [-0.05, 0) is 36.5 Å². The van der Waals surface area contributed by atoms with Gasteiger partial charge in [0.25, 0.3) is 5.91 Å². The number of carboxylic acids is 1. The summed E-state index contributed by atoms with van der Waals surface area (Å²) in [6.07, 6.45) is 3.62. The van der Waals surface area contributed by atoms with Gasteiger partial charge in [0.2, 0.25) is 5.76 Å². The van der Waals surface area contributed by atoms with Gasteiger partial charge >= 0.3 is 5.97 Å². The van der Waals surface area contributed by atoms with E-state index in [1.807, 2.05) is 35.0 Å². The number of furan rings is 1. The topological polar surface area (TPSA) is 96.5 Å². The number of aromatic nitrogens is 1. The Morgan fingerprint density at radius 1 is 1.23 bits per heavy atom. The normalized spacial score (nSPS) is 15.5. The van der Waals surface area contributed by atoms with Gasteiger partial charge in [0.15, 0.2) is 5.11 Å². The number of nitrogens with one attached hydrogen (secondary N) is 2. The Kier molecular flexibility index (Phi) is 3.81. The van der Waals surface area contributed by atoms with E-state index >= 15 is 0 Å². The van der Waals surface area contributed by atoms with E-state index in [0.29, 0.717) is 18.0 Å². The Balaban J connectivity index is 1.74. The molecule has 0 unspecified atom stereocenters. The molecule has 0 radical (unpaired) electrons. The molecular weight excluding hydrogens is 354 g/mol. The summed E-state index contributed by atoms with van der Waals surface area (Å²) in [6, 6.07) is 10.8. The molecule has 3 N–H and O–H groups in total.